The number of hydrogen-bond acceptors (Lipinski definition) is 4. The molecule has 3 rings (SSSR count). The Labute approximate surface area is 145 Å². The Morgan fingerprint density at radius 1 is 1.33 bits per heavy atom. The van der Waals surface area contributed by atoms with E-state index in [1.54, 1.807) is 0 Å². The molecule has 4 heteroatoms. The van der Waals surface area contributed by atoms with Gasteiger partial charge in [0.25, 0.3) is 0 Å². The van der Waals surface area contributed by atoms with E-state index >= 15 is 0 Å². The average molecular weight is 334 g/mol. The van der Waals surface area contributed by atoms with Gasteiger partial charge in [0.2, 0.25) is 0 Å². The maximum atomic E-state index is 13.1. The third-order valence-corrected chi connectivity index (χ3v) is 6.22. The molecular weight excluding hydrogens is 304 g/mol. The number of carbonyl (C=O) groups is 1. The predicted octanol–water partition coefficient (Wildman–Crippen LogP) is 4.07. The smallest absolute Gasteiger partial charge is 0.310 e. The normalized spacial score (nSPS) is 38.0. The molecule has 1 saturated carbocycles. The lowest BCUT2D eigenvalue weighted by molar-refractivity contribution is -0.283. The molecule has 0 saturated heterocycles. The Hall–Kier alpha value is -1.13. The van der Waals surface area contributed by atoms with E-state index < -0.39 is 5.60 Å². The summed E-state index contributed by atoms with van der Waals surface area (Å²) in [6, 6.07) is 0. The first-order valence-electron chi connectivity index (χ1n) is 9.35. The molecule has 1 fully saturated rings. The molecule has 6 unspecified atom stereocenters. The molecule has 0 aliphatic heterocycles. The van der Waals surface area contributed by atoms with Gasteiger partial charge in [0.1, 0.15) is 5.60 Å². The van der Waals surface area contributed by atoms with Gasteiger partial charge in [0.15, 0.2) is 0 Å². The van der Waals surface area contributed by atoms with Gasteiger partial charge >= 0.3 is 5.97 Å². The van der Waals surface area contributed by atoms with E-state index in [0.29, 0.717) is 18.4 Å². The van der Waals surface area contributed by atoms with Crippen LogP contribution >= 0.6 is 0 Å². The number of ether oxygens (including phenoxy) is 1. The van der Waals surface area contributed by atoms with Crippen LogP contribution in [0.4, 0.5) is 0 Å². The zero-order valence-corrected chi connectivity index (χ0v) is 15.1. The average Bonchev–Trinajstić information content (AvgIpc) is 3.28. The van der Waals surface area contributed by atoms with Crippen molar-refractivity contribution in [3.05, 3.63) is 24.3 Å². The highest BCUT2D eigenvalue weighted by Crippen LogP contribution is 2.49. The van der Waals surface area contributed by atoms with Crippen LogP contribution in [0.2, 0.25) is 0 Å². The van der Waals surface area contributed by atoms with Gasteiger partial charge in [0.05, 0.1) is 19.6 Å². The highest BCUT2D eigenvalue weighted by molar-refractivity contribution is 5.75. The van der Waals surface area contributed by atoms with Crippen molar-refractivity contribution in [1.29, 1.82) is 0 Å². The molecule has 0 aromatic rings. The lowest BCUT2D eigenvalue weighted by Gasteiger charge is -2.36. The summed E-state index contributed by atoms with van der Waals surface area (Å²) in [5, 5.41) is 0. The molecule has 24 heavy (non-hydrogen) atoms. The Morgan fingerprint density at radius 2 is 2.12 bits per heavy atom. The molecule has 3 aliphatic carbocycles. The first-order chi connectivity index (χ1) is 11.6. The maximum absolute atomic E-state index is 13.1. The second kappa shape index (κ2) is 7.40. The van der Waals surface area contributed by atoms with Gasteiger partial charge in [-0.3, -0.25) is 4.79 Å². The molecule has 134 valence electrons. The summed E-state index contributed by atoms with van der Waals surface area (Å²) in [5.74, 6) is 1.06. The third kappa shape index (κ3) is 3.18. The van der Waals surface area contributed by atoms with Gasteiger partial charge in [-0.1, -0.05) is 38.5 Å². The molecule has 0 amide bonds. The minimum atomic E-state index is -0.411. The Bertz CT molecular complexity index is 512. The van der Waals surface area contributed by atoms with E-state index in [0.717, 1.165) is 32.1 Å². The molecule has 0 aromatic carbocycles. The minimum Gasteiger partial charge on any atom is -0.454 e. The Morgan fingerprint density at radius 3 is 2.79 bits per heavy atom. The molecule has 2 bridgehead atoms. The summed E-state index contributed by atoms with van der Waals surface area (Å²) in [6.45, 7) is 4.84. The fraction of sp³-hybridized carbons (Fsp3) is 0.750. The van der Waals surface area contributed by atoms with Crippen LogP contribution in [-0.4, -0.2) is 25.3 Å². The highest BCUT2D eigenvalue weighted by atomic mass is 17.2. The van der Waals surface area contributed by atoms with E-state index in [1.807, 2.05) is 0 Å². The minimum absolute atomic E-state index is 0.0499. The van der Waals surface area contributed by atoms with Crippen molar-refractivity contribution in [2.45, 2.75) is 51.6 Å². The van der Waals surface area contributed by atoms with Crippen molar-refractivity contribution >= 4 is 5.97 Å². The van der Waals surface area contributed by atoms with Crippen LogP contribution in [0.15, 0.2) is 24.3 Å². The molecule has 3 aliphatic rings. The SMILES string of the molecule is CCCC(C)C1(OC(=O)C2C3C=CC(C3)C2COOC)C=CCC1. The maximum Gasteiger partial charge on any atom is 0.310 e. The molecule has 0 heterocycles. The first kappa shape index (κ1) is 17.7. The zero-order valence-electron chi connectivity index (χ0n) is 15.1. The summed E-state index contributed by atoms with van der Waals surface area (Å²) in [5.41, 5.74) is -0.411. The molecule has 0 aromatic heterocycles. The van der Waals surface area contributed by atoms with Crippen molar-refractivity contribution in [2.75, 3.05) is 13.7 Å². The van der Waals surface area contributed by atoms with Gasteiger partial charge in [0, 0.05) is 5.92 Å². The van der Waals surface area contributed by atoms with Crippen molar-refractivity contribution < 1.29 is 19.3 Å². The van der Waals surface area contributed by atoms with Crippen LogP contribution in [0.3, 0.4) is 0 Å². The van der Waals surface area contributed by atoms with Crippen molar-refractivity contribution in [3.63, 3.8) is 0 Å². The largest absolute Gasteiger partial charge is 0.454 e. The van der Waals surface area contributed by atoms with E-state index in [-0.39, 0.29) is 23.7 Å². The number of carbonyl (C=O) groups excluding carboxylic acids is 1. The van der Waals surface area contributed by atoms with E-state index in [9.17, 15) is 4.79 Å². The van der Waals surface area contributed by atoms with Crippen LogP contribution in [0, 0.1) is 29.6 Å². The fourth-order valence-corrected chi connectivity index (χ4v) is 4.85. The number of hydrogen-bond donors (Lipinski definition) is 0. The highest BCUT2D eigenvalue weighted by Gasteiger charge is 2.51. The summed E-state index contributed by atoms with van der Waals surface area (Å²) < 4.78 is 6.20. The first-order valence-corrected chi connectivity index (χ1v) is 9.35. The Balaban J connectivity index is 1.73. The van der Waals surface area contributed by atoms with Crippen molar-refractivity contribution in [1.82, 2.24) is 0 Å². The van der Waals surface area contributed by atoms with Crippen molar-refractivity contribution in [3.8, 4) is 0 Å². The van der Waals surface area contributed by atoms with Crippen LogP contribution in [-0.2, 0) is 19.3 Å². The van der Waals surface area contributed by atoms with Gasteiger partial charge in [-0.05, 0) is 49.5 Å². The van der Waals surface area contributed by atoms with Gasteiger partial charge < -0.3 is 4.74 Å². The monoisotopic (exact) mass is 334 g/mol. The third-order valence-electron chi connectivity index (χ3n) is 6.22. The van der Waals surface area contributed by atoms with E-state index in [2.05, 4.69) is 38.2 Å². The second-order valence-corrected chi connectivity index (χ2v) is 7.60. The summed E-state index contributed by atoms with van der Waals surface area (Å²) in [7, 11) is 1.51. The van der Waals surface area contributed by atoms with E-state index in [4.69, 9.17) is 14.5 Å². The van der Waals surface area contributed by atoms with Crippen LogP contribution in [0.25, 0.3) is 0 Å². The van der Waals surface area contributed by atoms with Crippen LogP contribution in [0.1, 0.15) is 46.0 Å². The zero-order chi connectivity index (χ0) is 17.2. The lowest BCUT2D eigenvalue weighted by Crippen LogP contribution is -2.42. The molecule has 6 atom stereocenters. The molecule has 0 radical (unpaired) electrons. The van der Waals surface area contributed by atoms with Gasteiger partial charge in [-0.2, -0.15) is 0 Å². The fourth-order valence-electron chi connectivity index (χ4n) is 4.85. The topological polar surface area (TPSA) is 44.8 Å². The van der Waals surface area contributed by atoms with Gasteiger partial charge in [-0.15, -0.1) is 0 Å². The lowest BCUT2D eigenvalue weighted by atomic mass is 9.82. The number of rotatable bonds is 8. The number of fused-ring (bicyclic) bond motifs is 2. The predicted molar refractivity (Wildman–Crippen MR) is 91.9 cm³/mol. The summed E-state index contributed by atoms with van der Waals surface area (Å²) >= 11 is 0. The van der Waals surface area contributed by atoms with Crippen LogP contribution in [0.5, 0.6) is 0 Å². The molecular formula is C20H30O4. The molecule has 0 N–H and O–H groups in total. The second-order valence-electron chi connectivity index (χ2n) is 7.60. The summed E-state index contributed by atoms with van der Waals surface area (Å²) in [4.78, 5) is 23.0. The quantitative estimate of drug-likeness (QED) is 0.290. The molecule has 0 spiro atoms. The van der Waals surface area contributed by atoms with Gasteiger partial charge in [-0.25, -0.2) is 9.78 Å². The number of allylic oxidation sites excluding steroid dienone is 3. The van der Waals surface area contributed by atoms with Crippen molar-refractivity contribution in [2.24, 2.45) is 29.6 Å². The molecule has 4 nitrogen and oxygen atoms in total. The van der Waals surface area contributed by atoms with E-state index in [1.165, 1.54) is 7.11 Å². The number of esters is 1. The standard InChI is InChI=1S/C20H30O4/c1-4-7-14(2)20(10-5-6-11-20)24-19(21)18-16-9-8-15(12-16)17(18)13-23-22-3/h5,8-10,14-18H,4,6-7,11-13H2,1-3H3. The van der Waals surface area contributed by atoms with Crippen LogP contribution < -0.4 is 0 Å². The Kier molecular flexibility index (Phi) is 5.46. The summed E-state index contributed by atoms with van der Waals surface area (Å²) in [6.07, 6.45) is 13.8.